The minimum absolute atomic E-state index is 0.0780. The van der Waals surface area contributed by atoms with Crippen LogP contribution in [0.1, 0.15) is 25.0 Å². The van der Waals surface area contributed by atoms with Crippen LogP contribution >= 0.6 is 11.8 Å². The molecule has 2 aromatic carbocycles. The van der Waals surface area contributed by atoms with Crippen molar-refractivity contribution in [1.82, 2.24) is 20.5 Å². The number of nitrogens with zero attached hydrogens (tertiary/aromatic N) is 2. The largest absolute Gasteiger partial charge is 0.355 e. The molecule has 3 aromatic rings. The molecule has 1 heterocycles. The molecule has 0 fully saturated rings. The first kappa shape index (κ1) is 20.1. The van der Waals surface area contributed by atoms with Crippen LogP contribution in [0.3, 0.4) is 0 Å². The molecule has 7 heteroatoms. The molecule has 3 rings (SSSR count). The first-order valence-electron chi connectivity index (χ1n) is 9.25. The van der Waals surface area contributed by atoms with Gasteiger partial charge in [-0.25, -0.2) is 9.37 Å². The fourth-order valence-electron chi connectivity index (χ4n) is 2.66. The molecule has 0 radical (unpaired) electrons. The summed E-state index contributed by atoms with van der Waals surface area (Å²) in [6.07, 6.45) is 1.65. The topological polar surface area (TPSA) is 70.7 Å². The van der Waals surface area contributed by atoms with E-state index in [0.717, 1.165) is 17.5 Å². The molecular formula is C21H23FN4OS. The van der Waals surface area contributed by atoms with Gasteiger partial charge in [0, 0.05) is 12.1 Å². The number of carbonyl (C=O) groups excluding carboxylic acids is 1. The predicted molar refractivity (Wildman–Crippen MR) is 110 cm³/mol. The van der Waals surface area contributed by atoms with Crippen molar-refractivity contribution in [1.29, 1.82) is 0 Å². The van der Waals surface area contributed by atoms with Crippen molar-refractivity contribution in [3.05, 3.63) is 65.5 Å². The number of rotatable bonds is 8. The molecule has 1 amide bonds. The lowest BCUT2D eigenvalue weighted by Gasteiger charge is -2.10. The molecule has 146 valence electrons. The normalized spacial score (nSPS) is 12.0. The Bertz CT molecular complexity index is 909. The van der Waals surface area contributed by atoms with E-state index >= 15 is 0 Å². The molecule has 1 atom stereocenters. The molecule has 0 aliphatic heterocycles. The summed E-state index contributed by atoms with van der Waals surface area (Å²) in [6, 6.07) is 14.5. The summed E-state index contributed by atoms with van der Waals surface area (Å²) >= 11 is 1.31. The zero-order valence-corrected chi connectivity index (χ0v) is 16.7. The van der Waals surface area contributed by atoms with Gasteiger partial charge >= 0.3 is 0 Å². The van der Waals surface area contributed by atoms with Gasteiger partial charge in [0.1, 0.15) is 5.82 Å². The van der Waals surface area contributed by atoms with E-state index in [9.17, 15) is 9.18 Å². The Hall–Kier alpha value is -2.67. The van der Waals surface area contributed by atoms with Crippen LogP contribution in [0.2, 0.25) is 0 Å². The van der Waals surface area contributed by atoms with E-state index in [1.165, 1.54) is 29.5 Å². The second-order valence-electron chi connectivity index (χ2n) is 6.44. The number of aromatic amines is 1. The number of hydrogen-bond acceptors (Lipinski definition) is 4. The van der Waals surface area contributed by atoms with Crippen molar-refractivity contribution >= 4 is 17.7 Å². The Balaban J connectivity index is 1.49. The number of benzene rings is 2. The van der Waals surface area contributed by atoms with Crippen molar-refractivity contribution in [2.45, 2.75) is 37.1 Å². The first-order valence-corrected chi connectivity index (χ1v) is 10.1. The molecule has 0 saturated heterocycles. The van der Waals surface area contributed by atoms with E-state index in [-0.39, 0.29) is 17.0 Å². The van der Waals surface area contributed by atoms with Crippen molar-refractivity contribution in [2.24, 2.45) is 0 Å². The van der Waals surface area contributed by atoms with Gasteiger partial charge in [0.25, 0.3) is 0 Å². The summed E-state index contributed by atoms with van der Waals surface area (Å²) in [4.78, 5) is 16.8. The molecule has 0 spiro atoms. The van der Waals surface area contributed by atoms with E-state index in [1.54, 1.807) is 12.1 Å². The zero-order valence-electron chi connectivity index (χ0n) is 15.9. The summed E-state index contributed by atoms with van der Waals surface area (Å²) < 4.78 is 12.9. The summed E-state index contributed by atoms with van der Waals surface area (Å²) in [5.41, 5.74) is 3.21. The third-order valence-electron chi connectivity index (χ3n) is 4.38. The summed E-state index contributed by atoms with van der Waals surface area (Å²) in [6.45, 7) is 4.44. The van der Waals surface area contributed by atoms with Gasteiger partial charge in [0.2, 0.25) is 11.1 Å². The number of halogens is 1. The van der Waals surface area contributed by atoms with Gasteiger partial charge in [-0.2, -0.15) is 0 Å². The lowest BCUT2D eigenvalue weighted by atomic mass is 10.1. The molecule has 0 aliphatic carbocycles. The second-order valence-corrected chi connectivity index (χ2v) is 7.75. The van der Waals surface area contributed by atoms with Gasteiger partial charge in [-0.05, 0) is 43.0 Å². The molecule has 0 unspecified atom stereocenters. The van der Waals surface area contributed by atoms with Gasteiger partial charge in [0.05, 0.1) is 5.25 Å². The minimum atomic E-state index is -0.320. The van der Waals surface area contributed by atoms with E-state index in [0.29, 0.717) is 23.9 Å². The van der Waals surface area contributed by atoms with Gasteiger partial charge in [-0.1, -0.05) is 55.1 Å². The van der Waals surface area contributed by atoms with Crippen LogP contribution in [0, 0.1) is 5.82 Å². The number of nitrogens with one attached hydrogen (secondary N) is 2. The van der Waals surface area contributed by atoms with Crippen molar-refractivity contribution in [3.63, 3.8) is 0 Å². The predicted octanol–water partition coefficient (Wildman–Crippen LogP) is 4.01. The van der Waals surface area contributed by atoms with Gasteiger partial charge in [0.15, 0.2) is 5.82 Å². The lowest BCUT2D eigenvalue weighted by Crippen LogP contribution is -2.32. The quantitative estimate of drug-likeness (QED) is 0.563. The molecule has 0 aliphatic rings. The fraction of sp³-hybridized carbons (Fsp3) is 0.286. The summed E-state index contributed by atoms with van der Waals surface area (Å²) in [5, 5.41) is 10.2. The molecule has 2 N–H and O–H groups in total. The maximum atomic E-state index is 12.9. The third kappa shape index (κ3) is 5.42. The average molecular weight is 399 g/mol. The van der Waals surface area contributed by atoms with Crippen LogP contribution in [0.4, 0.5) is 4.39 Å². The minimum Gasteiger partial charge on any atom is -0.355 e. The fourth-order valence-corrected chi connectivity index (χ4v) is 3.41. The SMILES string of the molecule is CCc1ccc(-c2nc(S[C@@H](C)C(=O)NCCc3ccc(F)cc3)n[nH]2)cc1. The van der Waals surface area contributed by atoms with Crippen molar-refractivity contribution < 1.29 is 9.18 Å². The molecule has 0 saturated carbocycles. The maximum absolute atomic E-state index is 12.9. The molecule has 1 aromatic heterocycles. The second kappa shape index (κ2) is 9.50. The van der Waals surface area contributed by atoms with Crippen LogP contribution in [0.15, 0.2) is 53.7 Å². The maximum Gasteiger partial charge on any atom is 0.233 e. The highest BCUT2D eigenvalue weighted by molar-refractivity contribution is 8.00. The molecule has 28 heavy (non-hydrogen) atoms. The van der Waals surface area contributed by atoms with Gasteiger partial charge in [-0.3, -0.25) is 9.89 Å². The number of carbonyl (C=O) groups is 1. The standard InChI is InChI=1S/C21H23FN4OS/c1-3-15-4-8-17(9-5-15)19-24-21(26-25-19)28-14(2)20(27)23-13-12-16-6-10-18(22)11-7-16/h4-11,14H,3,12-13H2,1-2H3,(H,23,27)(H,24,25,26)/t14-/m0/s1. The Morgan fingerprint density at radius 3 is 2.50 bits per heavy atom. The van der Waals surface area contributed by atoms with E-state index in [1.807, 2.05) is 19.1 Å². The summed E-state index contributed by atoms with van der Waals surface area (Å²) in [5.74, 6) is 0.352. The Morgan fingerprint density at radius 2 is 1.82 bits per heavy atom. The number of H-pyrrole nitrogens is 1. The van der Waals surface area contributed by atoms with E-state index < -0.39 is 0 Å². The highest BCUT2D eigenvalue weighted by atomic mass is 32.2. The third-order valence-corrected chi connectivity index (χ3v) is 5.34. The van der Waals surface area contributed by atoms with Crippen LogP contribution < -0.4 is 5.32 Å². The smallest absolute Gasteiger partial charge is 0.233 e. The first-order chi connectivity index (χ1) is 13.5. The number of amides is 1. The average Bonchev–Trinajstić information content (AvgIpc) is 3.18. The number of aromatic nitrogens is 3. The van der Waals surface area contributed by atoms with Crippen molar-refractivity contribution in [2.75, 3.05) is 6.54 Å². The molecule has 5 nitrogen and oxygen atoms in total. The highest BCUT2D eigenvalue weighted by Gasteiger charge is 2.17. The Morgan fingerprint density at radius 1 is 1.14 bits per heavy atom. The number of thioether (sulfide) groups is 1. The van der Waals surface area contributed by atoms with Crippen molar-refractivity contribution in [3.8, 4) is 11.4 Å². The van der Waals surface area contributed by atoms with Crippen LogP contribution in [-0.2, 0) is 17.6 Å². The monoisotopic (exact) mass is 398 g/mol. The highest BCUT2D eigenvalue weighted by Crippen LogP contribution is 2.23. The van der Waals surface area contributed by atoms with E-state index in [4.69, 9.17) is 0 Å². The van der Waals surface area contributed by atoms with Crippen LogP contribution in [0.5, 0.6) is 0 Å². The Labute approximate surface area is 168 Å². The van der Waals surface area contributed by atoms with Crippen LogP contribution in [0.25, 0.3) is 11.4 Å². The number of hydrogen-bond donors (Lipinski definition) is 2. The number of aryl methyl sites for hydroxylation is 1. The van der Waals surface area contributed by atoms with E-state index in [2.05, 4.69) is 39.6 Å². The Kier molecular flexibility index (Phi) is 6.81. The lowest BCUT2D eigenvalue weighted by molar-refractivity contribution is -0.120. The van der Waals surface area contributed by atoms with Crippen LogP contribution in [-0.4, -0.2) is 32.9 Å². The molecule has 0 bridgehead atoms. The zero-order chi connectivity index (χ0) is 19.9. The van der Waals surface area contributed by atoms with Gasteiger partial charge < -0.3 is 5.32 Å². The summed E-state index contributed by atoms with van der Waals surface area (Å²) in [7, 11) is 0. The van der Waals surface area contributed by atoms with Gasteiger partial charge in [-0.15, -0.1) is 5.10 Å². The molecular weight excluding hydrogens is 375 g/mol.